The van der Waals surface area contributed by atoms with Gasteiger partial charge in [-0.3, -0.25) is 4.68 Å². The van der Waals surface area contributed by atoms with Gasteiger partial charge in [0, 0.05) is 11.6 Å². The Morgan fingerprint density at radius 2 is 1.96 bits per heavy atom. The van der Waals surface area contributed by atoms with Crippen LogP contribution in [0.15, 0.2) is 30.5 Å². The number of rotatable bonds is 10. The number of methoxy groups -OCH3 is 1. The molecule has 3 N–H and O–H groups in total. The number of nitrogens with two attached hydrogens (primary N) is 1. The Hall–Kier alpha value is -2.83. The second-order valence-corrected chi connectivity index (χ2v) is 7.07. The van der Waals surface area contributed by atoms with Crippen molar-refractivity contribution >= 4 is 22.8 Å². The predicted octanol–water partition coefficient (Wildman–Crippen LogP) is 4.24. The standard InChI is InChI=1S/C21H30N6O/c1-4-6-11-16(9-5-2)23-20-19-17(24-21(22)25-20)14-27(26-19)13-15-10-7-8-12-18(15)28-3/h7-8,10,12,14,16H,4-6,9,11,13H2,1-3H3,(H3,22,23,24,25)/t16-/m0/s1. The highest BCUT2D eigenvalue weighted by Gasteiger charge is 2.15. The van der Waals surface area contributed by atoms with E-state index in [1.165, 1.54) is 12.8 Å². The molecular weight excluding hydrogens is 352 g/mol. The fourth-order valence-corrected chi connectivity index (χ4v) is 3.45. The number of benzene rings is 1. The first-order valence-electron chi connectivity index (χ1n) is 10.0. The Kier molecular flexibility index (Phi) is 6.68. The zero-order valence-electron chi connectivity index (χ0n) is 17.0. The van der Waals surface area contributed by atoms with E-state index in [1.54, 1.807) is 7.11 Å². The van der Waals surface area contributed by atoms with Gasteiger partial charge in [0.05, 0.1) is 19.9 Å². The van der Waals surface area contributed by atoms with E-state index < -0.39 is 0 Å². The molecule has 150 valence electrons. The van der Waals surface area contributed by atoms with Crippen LogP contribution in [-0.2, 0) is 6.54 Å². The van der Waals surface area contributed by atoms with Crippen molar-refractivity contribution in [3.63, 3.8) is 0 Å². The van der Waals surface area contributed by atoms with Crippen LogP contribution in [0, 0.1) is 0 Å². The molecule has 0 radical (unpaired) electrons. The fourth-order valence-electron chi connectivity index (χ4n) is 3.45. The maximum atomic E-state index is 5.96. The molecule has 0 saturated heterocycles. The summed E-state index contributed by atoms with van der Waals surface area (Å²) in [4.78, 5) is 8.81. The summed E-state index contributed by atoms with van der Waals surface area (Å²) in [6, 6.07) is 8.30. The zero-order valence-corrected chi connectivity index (χ0v) is 17.0. The van der Waals surface area contributed by atoms with Gasteiger partial charge in [-0.05, 0) is 18.9 Å². The number of para-hydroxylation sites is 1. The molecule has 0 unspecified atom stereocenters. The van der Waals surface area contributed by atoms with Crippen LogP contribution in [-0.4, -0.2) is 32.9 Å². The first-order chi connectivity index (χ1) is 13.6. The second kappa shape index (κ2) is 9.39. The Morgan fingerprint density at radius 1 is 1.14 bits per heavy atom. The number of hydrogen-bond donors (Lipinski definition) is 2. The lowest BCUT2D eigenvalue weighted by Gasteiger charge is -2.18. The van der Waals surface area contributed by atoms with E-state index in [2.05, 4.69) is 29.1 Å². The molecule has 7 heteroatoms. The Bertz CT molecular complexity index is 907. The topological polar surface area (TPSA) is 90.9 Å². The number of unbranched alkanes of at least 4 members (excludes halogenated alkanes) is 1. The monoisotopic (exact) mass is 382 g/mol. The summed E-state index contributed by atoms with van der Waals surface area (Å²) in [5, 5.41) is 8.30. The van der Waals surface area contributed by atoms with Gasteiger partial charge in [0.1, 0.15) is 11.3 Å². The normalized spacial score (nSPS) is 12.2. The average Bonchev–Trinajstić information content (AvgIpc) is 3.09. The van der Waals surface area contributed by atoms with E-state index >= 15 is 0 Å². The van der Waals surface area contributed by atoms with Crippen molar-refractivity contribution in [2.75, 3.05) is 18.2 Å². The minimum Gasteiger partial charge on any atom is -0.496 e. The number of ether oxygens (including phenoxy) is 1. The summed E-state index contributed by atoms with van der Waals surface area (Å²) in [5.41, 5.74) is 8.52. The SMILES string of the molecule is CCCC[C@H](CCC)Nc1nc(N)nc2cn(Cc3ccccc3OC)nc12. The number of anilines is 2. The van der Waals surface area contributed by atoms with Gasteiger partial charge in [0.25, 0.3) is 0 Å². The molecule has 7 nitrogen and oxygen atoms in total. The van der Waals surface area contributed by atoms with Crippen molar-refractivity contribution in [3.8, 4) is 5.75 Å². The Balaban J connectivity index is 1.89. The summed E-state index contributed by atoms with van der Waals surface area (Å²) in [6.07, 6.45) is 7.59. The molecule has 2 aromatic heterocycles. The van der Waals surface area contributed by atoms with Crippen molar-refractivity contribution in [2.45, 2.75) is 58.5 Å². The van der Waals surface area contributed by atoms with Crippen molar-refractivity contribution in [2.24, 2.45) is 0 Å². The Labute approximate surface area is 166 Å². The van der Waals surface area contributed by atoms with Gasteiger partial charge in [-0.15, -0.1) is 0 Å². The lowest BCUT2D eigenvalue weighted by molar-refractivity contribution is 0.407. The van der Waals surface area contributed by atoms with Gasteiger partial charge in [0.15, 0.2) is 11.3 Å². The van der Waals surface area contributed by atoms with E-state index in [-0.39, 0.29) is 5.95 Å². The smallest absolute Gasteiger partial charge is 0.222 e. The molecule has 0 saturated carbocycles. The number of hydrogen-bond acceptors (Lipinski definition) is 6. The fraction of sp³-hybridized carbons (Fsp3) is 0.476. The van der Waals surface area contributed by atoms with Crippen LogP contribution < -0.4 is 15.8 Å². The van der Waals surface area contributed by atoms with Crippen molar-refractivity contribution in [3.05, 3.63) is 36.0 Å². The molecule has 0 fully saturated rings. The van der Waals surface area contributed by atoms with Crippen molar-refractivity contribution in [1.82, 2.24) is 19.7 Å². The van der Waals surface area contributed by atoms with Crippen LogP contribution in [0.25, 0.3) is 11.0 Å². The number of nitrogens with zero attached hydrogens (tertiary/aromatic N) is 4. The summed E-state index contributed by atoms with van der Waals surface area (Å²) >= 11 is 0. The van der Waals surface area contributed by atoms with Gasteiger partial charge in [-0.25, -0.2) is 4.98 Å². The van der Waals surface area contributed by atoms with E-state index in [0.717, 1.165) is 47.4 Å². The molecule has 28 heavy (non-hydrogen) atoms. The summed E-state index contributed by atoms with van der Waals surface area (Å²) in [5.74, 6) is 1.82. The number of aromatic nitrogens is 4. The molecule has 0 bridgehead atoms. The first-order valence-corrected chi connectivity index (χ1v) is 10.0. The van der Waals surface area contributed by atoms with E-state index in [9.17, 15) is 0 Å². The lowest BCUT2D eigenvalue weighted by atomic mass is 10.1. The molecule has 1 aromatic carbocycles. The van der Waals surface area contributed by atoms with Crippen LogP contribution >= 0.6 is 0 Å². The van der Waals surface area contributed by atoms with Crippen molar-refractivity contribution < 1.29 is 4.74 Å². The summed E-state index contributed by atoms with van der Waals surface area (Å²) < 4.78 is 7.31. The van der Waals surface area contributed by atoms with Gasteiger partial charge in [-0.1, -0.05) is 51.3 Å². The third-order valence-electron chi connectivity index (χ3n) is 4.84. The molecule has 1 atom stereocenters. The van der Waals surface area contributed by atoms with E-state index in [1.807, 2.05) is 35.1 Å². The molecule has 3 rings (SSSR count). The highest BCUT2D eigenvalue weighted by atomic mass is 16.5. The summed E-state index contributed by atoms with van der Waals surface area (Å²) in [6.45, 7) is 5.00. The van der Waals surface area contributed by atoms with Crippen LogP contribution in [0.5, 0.6) is 5.75 Å². The van der Waals surface area contributed by atoms with Crippen LogP contribution in [0.4, 0.5) is 11.8 Å². The lowest BCUT2D eigenvalue weighted by Crippen LogP contribution is -2.20. The van der Waals surface area contributed by atoms with Gasteiger partial charge < -0.3 is 15.8 Å². The van der Waals surface area contributed by atoms with Gasteiger partial charge in [0.2, 0.25) is 5.95 Å². The van der Waals surface area contributed by atoms with E-state index in [0.29, 0.717) is 12.6 Å². The van der Waals surface area contributed by atoms with Crippen molar-refractivity contribution in [1.29, 1.82) is 0 Å². The highest BCUT2D eigenvalue weighted by Crippen LogP contribution is 2.24. The number of nitrogens with one attached hydrogen (secondary N) is 1. The maximum absolute atomic E-state index is 5.96. The predicted molar refractivity (Wildman–Crippen MR) is 114 cm³/mol. The third-order valence-corrected chi connectivity index (χ3v) is 4.84. The number of fused-ring (bicyclic) bond motifs is 1. The molecule has 0 aliphatic carbocycles. The minimum atomic E-state index is 0.262. The first kappa shape index (κ1) is 19.9. The Morgan fingerprint density at radius 3 is 2.71 bits per heavy atom. The van der Waals surface area contributed by atoms with Gasteiger partial charge in [-0.2, -0.15) is 10.1 Å². The van der Waals surface area contributed by atoms with Crippen LogP contribution in [0.3, 0.4) is 0 Å². The molecule has 0 aliphatic rings. The second-order valence-electron chi connectivity index (χ2n) is 7.07. The van der Waals surface area contributed by atoms with Gasteiger partial charge >= 0.3 is 0 Å². The highest BCUT2D eigenvalue weighted by molar-refractivity contribution is 5.85. The largest absolute Gasteiger partial charge is 0.496 e. The van der Waals surface area contributed by atoms with E-state index in [4.69, 9.17) is 15.6 Å². The molecule has 0 amide bonds. The summed E-state index contributed by atoms with van der Waals surface area (Å²) in [7, 11) is 1.68. The molecule has 0 aliphatic heterocycles. The molecule has 2 heterocycles. The minimum absolute atomic E-state index is 0.262. The van der Waals surface area contributed by atoms with Crippen LogP contribution in [0.1, 0.15) is 51.5 Å². The zero-order chi connectivity index (χ0) is 19.9. The molecule has 0 spiro atoms. The van der Waals surface area contributed by atoms with Crippen LogP contribution in [0.2, 0.25) is 0 Å². The maximum Gasteiger partial charge on any atom is 0.222 e. The average molecular weight is 383 g/mol. The molecule has 3 aromatic rings. The quantitative estimate of drug-likeness (QED) is 0.545. The molecular formula is C21H30N6O. The third kappa shape index (κ3) is 4.71. The number of nitrogen functional groups attached to an aromatic ring is 1.